The standard InChI is InChI=1S/C24H20F3N7O5/c25-24(26,27)38-17-3-1-16(2-4-17)21-29-22(39-31-21)18-5-6-20(35)34(30-18)14-15-7-8-28-19(13-15)32-9-11-33(12-10-32)23(36)37/h1-8,13H,9-12,14H2,(H,36,37). The van der Waals surface area contributed by atoms with Crippen LogP contribution in [0.2, 0.25) is 0 Å². The van der Waals surface area contributed by atoms with Gasteiger partial charge in [-0.05, 0) is 48.0 Å². The first-order valence-corrected chi connectivity index (χ1v) is 11.6. The van der Waals surface area contributed by atoms with E-state index in [2.05, 4.69) is 25.0 Å². The monoisotopic (exact) mass is 543 g/mol. The summed E-state index contributed by atoms with van der Waals surface area (Å²) >= 11 is 0. The molecule has 3 aromatic heterocycles. The van der Waals surface area contributed by atoms with Crippen LogP contribution in [0.25, 0.3) is 23.0 Å². The normalized spacial score (nSPS) is 13.9. The van der Waals surface area contributed by atoms with Gasteiger partial charge in [0.15, 0.2) is 0 Å². The predicted octanol–water partition coefficient (Wildman–Crippen LogP) is 3.10. The number of ether oxygens (including phenoxy) is 1. The van der Waals surface area contributed by atoms with E-state index < -0.39 is 12.5 Å². The smallest absolute Gasteiger partial charge is 0.465 e. The first-order valence-electron chi connectivity index (χ1n) is 11.6. The molecule has 1 saturated heterocycles. The molecule has 0 unspecified atom stereocenters. The van der Waals surface area contributed by atoms with E-state index in [0.717, 1.165) is 17.7 Å². The molecule has 0 radical (unpaired) electrons. The lowest BCUT2D eigenvalue weighted by atomic mass is 10.2. The quantitative estimate of drug-likeness (QED) is 0.386. The SMILES string of the molecule is O=C(O)N1CCN(c2cc(Cn3nc(-c4nc(-c5ccc(OC(F)(F)F)cc5)no4)ccc3=O)ccn2)CC1. The summed E-state index contributed by atoms with van der Waals surface area (Å²) in [5.74, 6) is 0.409. The molecule has 4 aromatic rings. The lowest BCUT2D eigenvalue weighted by Crippen LogP contribution is -2.48. The van der Waals surface area contributed by atoms with Gasteiger partial charge in [0.05, 0.1) is 6.54 Å². The van der Waals surface area contributed by atoms with Gasteiger partial charge < -0.3 is 24.2 Å². The number of nitrogens with zero attached hydrogens (tertiary/aromatic N) is 7. The highest BCUT2D eigenvalue weighted by atomic mass is 19.4. The van der Waals surface area contributed by atoms with Crippen molar-refractivity contribution in [1.29, 1.82) is 0 Å². The summed E-state index contributed by atoms with van der Waals surface area (Å²) in [7, 11) is 0. The highest BCUT2D eigenvalue weighted by Gasteiger charge is 2.31. The summed E-state index contributed by atoms with van der Waals surface area (Å²) in [6.45, 7) is 1.84. The van der Waals surface area contributed by atoms with E-state index >= 15 is 0 Å². The van der Waals surface area contributed by atoms with Crippen molar-refractivity contribution in [3.05, 3.63) is 70.6 Å². The Morgan fingerprint density at radius 3 is 2.49 bits per heavy atom. The van der Waals surface area contributed by atoms with Crippen LogP contribution in [0, 0.1) is 0 Å². The molecule has 0 spiro atoms. The third-order valence-corrected chi connectivity index (χ3v) is 5.87. The Hall–Kier alpha value is -4.95. The number of carboxylic acid groups (broad SMARTS) is 1. The van der Waals surface area contributed by atoms with E-state index in [0.29, 0.717) is 37.6 Å². The average Bonchev–Trinajstić information content (AvgIpc) is 3.40. The van der Waals surface area contributed by atoms with Gasteiger partial charge in [-0.25, -0.2) is 14.5 Å². The van der Waals surface area contributed by atoms with E-state index in [9.17, 15) is 22.8 Å². The van der Waals surface area contributed by atoms with Gasteiger partial charge in [0.2, 0.25) is 5.82 Å². The Labute approximate surface area is 217 Å². The number of aromatic nitrogens is 5. The minimum absolute atomic E-state index is 0.0149. The third-order valence-electron chi connectivity index (χ3n) is 5.87. The molecule has 1 N–H and O–H groups in total. The number of carbonyl (C=O) groups is 1. The molecule has 202 valence electrons. The molecule has 12 nitrogen and oxygen atoms in total. The number of rotatable bonds is 6. The molecule has 15 heteroatoms. The van der Waals surface area contributed by atoms with E-state index in [1.807, 2.05) is 11.0 Å². The second kappa shape index (κ2) is 10.4. The van der Waals surface area contributed by atoms with E-state index in [1.54, 1.807) is 12.3 Å². The van der Waals surface area contributed by atoms with Gasteiger partial charge in [-0.3, -0.25) is 4.79 Å². The summed E-state index contributed by atoms with van der Waals surface area (Å²) in [5, 5.41) is 17.3. The molecule has 0 bridgehead atoms. The van der Waals surface area contributed by atoms with E-state index in [1.165, 1.54) is 33.8 Å². The van der Waals surface area contributed by atoms with Crippen molar-refractivity contribution in [3.8, 4) is 28.7 Å². The molecule has 4 heterocycles. The predicted molar refractivity (Wildman–Crippen MR) is 129 cm³/mol. The Bertz CT molecular complexity index is 1530. The maximum absolute atomic E-state index is 12.5. The third kappa shape index (κ3) is 6.14. The summed E-state index contributed by atoms with van der Waals surface area (Å²) in [5.41, 5.74) is 0.998. The van der Waals surface area contributed by atoms with Crippen LogP contribution in [-0.2, 0) is 6.54 Å². The van der Waals surface area contributed by atoms with Crippen LogP contribution in [0.1, 0.15) is 5.56 Å². The van der Waals surface area contributed by atoms with Crippen LogP contribution in [-0.4, -0.2) is 73.5 Å². The number of benzene rings is 1. The number of pyridine rings is 1. The lowest BCUT2D eigenvalue weighted by molar-refractivity contribution is -0.274. The molecule has 1 amide bonds. The van der Waals surface area contributed by atoms with Gasteiger partial charge in [0.25, 0.3) is 11.4 Å². The Kier molecular flexibility index (Phi) is 6.87. The van der Waals surface area contributed by atoms with Crippen molar-refractivity contribution < 1.29 is 32.3 Å². The second-order valence-corrected chi connectivity index (χ2v) is 8.49. The molecule has 1 aliphatic heterocycles. The van der Waals surface area contributed by atoms with E-state index in [-0.39, 0.29) is 35.3 Å². The molecule has 1 fully saturated rings. The van der Waals surface area contributed by atoms with Crippen molar-refractivity contribution in [1.82, 2.24) is 29.8 Å². The highest BCUT2D eigenvalue weighted by Crippen LogP contribution is 2.26. The molecule has 1 aromatic carbocycles. The van der Waals surface area contributed by atoms with Crippen LogP contribution in [0.15, 0.2) is 64.0 Å². The first-order chi connectivity index (χ1) is 18.6. The van der Waals surface area contributed by atoms with Gasteiger partial charge >= 0.3 is 12.5 Å². The lowest BCUT2D eigenvalue weighted by Gasteiger charge is -2.33. The number of halogens is 3. The van der Waals surface area contributed by atoms with Gasteiger partial charge in [-0.2, -0.15) is 10.1 Å². The molecule has 0 aliphatic carbocycles. The Balaban J connectivity index is 1.31. The van der Waals surface area contributed by atoms with Gasteiger partial charge in [0.1, 0.15) is 17.3 Å². The zero-order valence-corrected chi connectivity index (χ0v) is 20.1. The average molecular weight is 543 g/mol. The maximum atomic E-state index is 12.5. The van der Waals surface area contributed by atoms with Crippen LogP contribution in [0.4, 0.5) is 23.8 Å². The number of alkyl halides is 3. The van der Waals surface area contributed by atoms with Crippen LogP contribution >= 0.6 is 0 Å². The molecule has 5 rings (SSSR count). The highest BCUT2D eigenvalue weighted by molar-refractivity contribution is 5.65. The van der Waals surface area contributed by atoms with Gasteiger partial charge in [-0.15, -0.1) is 13.2 Å². The fraction of sp³-hybridized carbons (Fsp3) is 0.250. The van der Waals surface area contributed by atoms with Crippen molar-refractivity contribution in [2.45, 2.75) is 12.9 Å². The minimum atomic E-state index is -4.80. The largest absolute Gasteiger partial charge is 0.573 e. The maximum Gasteiger partial charge on any atom is 0.573 e. The molecular weight excluding hydrogens is 523 g/mol. The van der Waals surface area contributed by atoms with Crippen molar-refractivity contribution >= 4 is 11.9 Å². The summed E-state index contributed by atoms with van der Waals surface area (Å²) in [4.78, 5) is 35.6. The first kappa shape index (κ1) is 25.7. The zero-order chi connectivity index (χ0) is 27.6. The molecule has 39 heavy (non-hydrogen) atoms. The number of hydrogen-bond donors (Lipinski definition) is 1. The van der Waals surface area contributed by atoms with Crippen LogP contribution < -0.4 is 15.2 Å². The molecule has 0 atom stereocenters. The zero-order valence-electron chi connectivity index (χ0n) is 20.1. The Morgan fingerprint density at radius 1 is 1.05 bits per heavy atom. The van der Waals surface area contributed by atoms with E-state index in [4.69, 9.17) is 9.63 Å². The molecule has 0 saturated carbocycles. The second-order valence-electron chi connectivity index (χ2n) is 8.49. The van der Waals surface area contributed by atoms with Crippen LogP contribution in [0.5, 0.6) is 5.75 Å². The summed E-state index contributed by atoms with van der Waals surface area (Å²) in [6.07, 6.45) is -4.15. The Morgan fingerprint density at radius 2 is 1.79 bits per heavy atom. The van der Waals surface area contributed by atoms with Gasteiger partial charge in [-0.1, -0.05) is 5.16 Å². The minimum Gasteiger partial charge on any atom is -0.465 e. The van der Waals surface area contributed by atoms with Crippen molar-refractivity contribution in [3.63, 3.8) is 0 Å². The van der Waals surface area contributed by atoms with Gasteiger partial charge in [0, 0.05) is 44.0 Å². The number of hydrogen-bond acceptors (Lipinski definition) is 9. The fourth-order valence-electron chi connectivity index (χ4n) is 3.96. The molecule has 1 aliphatic rings. The molecular formula is C24H20F3N7O5. The van der Waals surface area contributed by atoms with Crippen LogP contribution in [0.3, 0.4) is 0 Å². The number of piperazine rings is 1. The van der Waals surface area contributed by atoms with Crippen molar-refractivity contribution in [2.24, 2.45) is 0 Å². The summed E-state index contributed by atoms with van der Waals surface area (Å²) < 4.78 is 47.5. The topological polar surface area (TPSA) is 140 Å². The summed E-state index contributed by atoms with van der Waals surface area (Å²) in [6, 6.07) is 11.3. The number of anilines is 1. The number of amides is 1. The van der Waals surface area contributed by atoms with Crippen molar-refractivity contribution in [2.75, 3.05) is 31.1 Å². The fourth-order valence-corrected chi connectivity index (χ4v) is 3.96.